The molecule has 4 N–H and O–H groups in total. The molecule has 10 heteroatoms. The Kier molecular flexibility index (Phi) is 7.12. The minimum absolute atomic E-state index is 0.150. The summed E-state index contributed by atoms with van der Waals surface area (Å²) in [6.07, 6.45) is 1.15. The predicted molar refractivity (Wildman–Crippen MR) is 137 cm³/mol. The van der Waals surface area contributed by atoms with Gasteiger partial charge in [-0.05, 0) is 53.9 Å². The van der Waals surface area contributed by atoms with Crippen LogP contribution in [0.1, 0.15) is 15.9 Å². The third-order valence-corrected chi connectivity index (χ3v) is 5.41. The molecule has 0 atom stereocenters. The molecule has 3 aromatic carbocycles. The highest BCUT2D eigenvalue weighted by molar-refractivity contribution is 9.10. The zero-order valence-electron chi connectivity index (χ0n) is 18.0. The second kappa shape index (κ2) is 10.6. The first-order valence-electron chi connectivity index (χ1n) is 10.3. The first kappa shape index (κ1) is 23.6. The number of rotatable bonds is 5. The van der Waals surface area contributed by atoms with Gasteiger partial charge >= 0.3 is 11.8 Å². The second-order valence-corrected chi connectivity index (χ2v) is 8.22. The van der Waals surface area contributed by atoms with E-state index in [0.29, 0.717) is 11.2 Å². The van der Waals surface area contributed by atoms with Gasteiger partial charge in [0.1, 0.15) is 0 Å². The molecule has 0 radical (unpaired) electrons. The van der Waals surface area contributed by atoms with Gasteiger partial charge in [-0.2, -0.15) is 5.10 Å². The Morgan fingerprint density at radius 1 is 0.857 bits per heavy atom. The third-order valence-electron chi connectivity index (χ3n) is 4.88. The van der Waals surface area contributed by atoms with Gasteiger partial charge in [-0.1, -0.05) is 46.3 Å². The van der Waals surface area contributed by atoms with Gasteiger partial charge in [0.05, 0.1) is 23.0 Å². The molecule has 4 aromatic rings. The first-order chi connectivity index (χ1) is 16.9. The lowest BCUT2D eigenvalue weighted by molar-refractivity contribution is -0.136. The van der Waals surface area contributed by atoms with Crippen molar-refractivity contribution < 1.29 is 14.4 Å². The average Bonchev–Trinajstić information content (AvgIpc) is 2.86. The van der Waals surface area contributed by atoms with Crippen LogP contribution >= 0.6 is 15.9 Å². The van der Waals surface area contributed by atoms with Crippen molar-refractivity contribution in [3.8, 4) is 0 Å². The van der Waals surface area contributed by atoms with Crippen molar-refractivity contribution in [2.75, 3.05) is 10.6 Å². The average molecular weight is 532 g/mol. The Balaban J connectivity index is 1.41. The lowest BCUT2D eigenvalue weighted by atomic mass is 10.1. The molecule has 0 fully saturated rings. The summed E-state index contributed by atoms with van der Waals surface area (Å²) in [5, 5.41) is 9.63. The van der Waals surface area contributed by atoms with Crippen molar-refractivity contribution in [1.82, 2.24) is 10.4 Å². The SMILES string of the molecule is O=C(NN=Cc1cc2ccccc2[nH]c1=O)C(=O)Nc1ccccc1C(=O)Nc1ccc(Br)cc1. The highest BCUT2D eigenvalue weighted by atomic mass is 79.9. The number of para-hydroxylation sites is 2. The van der Waals surface area contributed by atoms with E-state index in [1.54, 1.807) is 54.6 Å². The van der Waals surface area contributed by atoms with Gasteiger partial charge in [-0.25, -0.2) is 5.43 Å². The maximum atomic E-state index is 12.7. The molecule has 0 aliphatic rings. The Morgan fingerprint density at radius 3 is 2.37 bits per heavy atom. The van der Waals surface area contributed by atoms with Crippen LogP contribution in [0.15, 0.2) is 93.2 Å². The number of hydrazone groups is 1. The van der Waals surface area contributed by atoms with Crippen LogP contribution in [0.4, 0.5) is 11.4 Å². The van der Waals surface area contributed by atoms with Crippen molar-refractivity contribution in [1.29, 1.82) is 0 Å². The topological polar surface area (TPSA) is 133 Å². The molecule has 1 heterocycles. The molecular weight excluding hydrogens is 514 g/mol. The van der Waals surface area contributed by atoms with Gasteiger partial charge < -0.3 is 15.6 Å². The number of hydrogen-bond donors (Lipinski definition) is 4. The number of pyridine rings is 1. The number of amides is 3. The zero-order chi connectivity index (χ0) is 24.8. The molecule has 0 bridgehead atoms. The molecule has 0 saturated heterocycles. The summed E-state index contributed by atoms with van der Waals surface area (Å²) in [6, 6.07) is 22.1. The number of anilines is 2. The van der Waals surface area contributed by atoms with Crippen molar-refractivity contribution in [2.24, 2.45) is 5.10 Å². The molecular formula is C25H18BrN5O4. The Labute approximate surface area is 207 Å². The van der Waals surface area contributed by atoms with E-state index in [1.165, 1.54) is 12.1 Å². The number of nitrogens with one attached hydrogen (secondary N) is 4. The lowest BCUT2D eigenvalue weighted by Crippen LogP contribution is -2.33. The summed E-state index contributed by atoms with van der Waals surface area (Å²) < 4.78 is 0.863. The van der Waals surface area contributed by atoms with Crippen LogP contribution in [0.3, 0.4) is 0 Å². The van der Waals surface area contributed by atoms with Crippen molar-refractivity contribution in [3.05, 3.63) is 105 Å². The lowest BCUT2D eigenvalue weighted by Gasteiger charge is -2.11. The number of nitrogens with zero attached hydrogens (tertiary/aromatic N) is 1. The number of hydrogen-bond acceptors (Lipinski definition) is 5. The van der Waals surface area contributed by atoms with Crippen molar-refractivity contribution in [2.45, 2.75) is 0 Å². The maximum absolute atomic E-state index is 12.7. The van der Waals surface area contributed by atoms with E-state index in [0.717, 1.165) is 16.1 Å². The van der Waals surface area contributed by atoms with Gasteiger partial charge in [0.25, 0.3) is 11.5 Å². The van der Waals surface area contributed by atoms with Crippen LogP contribution in [-0.4, -0.2) is 28.9 Å². The Hall–Kier alpha value is -4.57. The molecule has 0 spiro atoms. The van der Waals surface area contributed by atoms with E-state index in [2.05, 4.69) is 42.1 Å². The minimum atomic E-state index is -1.07. The molecule has 35 heavy (non-hydrogen) atoms. The standard InChI is InChI=1S/C25H18BrN5O4/c26-17-9-11-18(12-10-17)28-23(33)19-6-2-4-8-21(19)30-24(34)25(35)31-27-14-16-13-15-5-1-3-7-20(15)29-22(16)32/h1-14H,(H,28,33)(H,29,32)(H,30,34)(H,31,35). The number of H-pyrrole nitrogens is 1. The van der Waals surface area contributed by atoms with Crippen molar-refractivity contribution in [3.63, 3.8) is 0 Å². The number of benzene rings is 3. The van der Waals surface area contributed by atoms with Gasteiger partial charge in [0.15, 0.2) is 0 Å². The number of carbonyl (C=O) groups is 3. The predicted octanol–water partition coefficient (Wildman–Crippen LogP) is 3.63. The summed E-state index contributed by atoms with van der Waals surface area (Å²) in [5.41, 5.74) is 3.45. The molecule has 174 valence electrons. The quantitative estimate of drug-likeness (QED) is 0.178. The summed E-state index contributed by atoms with van der Waals surface area (Å²) in [7, 11) is 0. The maximum Gasteiger partial charge on any atom is 0.329 e. The summed E-state index contributed by atoms with van der Waals surface area (Å²) in [5.74, 6) is -2.56. The highest BCUT2D eigenvalue weighted by Gasteiger charge is 2.18. The largest absolute Gasteiger partial charge is 0.329 e. The minimum Gasteiger partial charge on any atom is -0.322 e. The molecule has 0 aliphatic carbocycles. The molecule has 4 rings (SSSR count). The summed E-state index contributed by atoms with van der Waals surface area (Å²) in [6.45, 7) is 0. The fraction of sp³-hybridized carbons (Fsp3) is 0. The van der Waals surface area contributed by atoms with E-state index < -0.39 is 23.3 Å². The molecule has 0 saturated carbocycles. The second-order valence-electron chi connectivity index (χ2n) is 7.30. The van der Waals surface area contributed by atoms with E-state index in [1.807, 2.05) is 12.1 Å². The number of fused-ring (bicyclic) bond motifs is 1. The smallest absolute Gasteiger partial charge is 0.322 e. The first-order valence-corrected chi connectivity index (χ1v) is 11.1. The molecule has 3 amide bonds. The van der Waals surface area contributed by atoms with Crippen LogP contribution in [0, 0.1) is 0 Å². The van der Waals surface area contributed by atoms with Crippen LogP contribution in [0.25, 0.3) is 10.9 Å². The molecule has 0 unspecified atom stereocenters. The number of aromatic nitrogens is 1. The monoisotopic (exact) mass is 531 g/mol. The fourth-order valence-corrected chi connectivity index (χ4v) is 3.44. The Morgan fingerprint density at radius 2 is 1.57 bits per heavy atom. The van der Waals surface area contributed by atoms with Crippen LogP contribution in [0.2, 0.25) is 0 Å². The Bertz CT molecular complexity index is 1510. The van der Waals surface area contributed by atoms with Gasteiger partial charge in [0, 0.05) is 15.7 Å². The van der Waals surface area contributed by atoms with Gasteiger partial charge in [-0.3, -0.25) is 19.2 Å². The van der Waals surface area contributed by atoms with Crippen LogP contribution < -0.4 is 21.6 Å². The van der Waals surface area contributed by atoms with Crippen molar-refractivity contribution >= 4 is 62.1 Å². The fourth-order valence-electron chi connectivity index (χ4n) is 3.17. The highest BCUT2D eigenvalue weighted by Crippen LogP contribution is 2.19. The summed E-state index contributed by atoms with van der Waals surface area (Å²) >= 11 is 3.33. The summed E-state index contributed by atoms with van der Waals surface area (Å²) in [4.78, 5) is 52.1. The third kappa shape index (κ3) is 5.87. The molecule has 9 nitrogen and oxygen atoms in total. The molecule has 1 aromatic heterocycles. The van der Waals surface area contributed by atoms with E-state index >= 15 is 0 Å². The van der Waals surface area contributed by atoms with E-state index in [9.17, 15) is 19.2 Å². The van der Waals surface area contributed by atoms with Crippen LogP contribution in [-0.2, 0) is 9.59 Å². The number of halogens is 1. The normalized spacial score (nSPS) is 10.8. The van der Waals surface area contributed by atoms with Gasteiger partial charge in [0.2, 0.25) is 0 Å². The number of aromatic amines is 1. The van der Waals surface area contributed by atoms with Crippen LogP contribution in [0.5, 0.6) is 0 Å². The van der Waals surface area contributed by atoms with Gasteiger partial charge in [-0.15, -0.1) is 0 Å². The molecule has 0 aliphatic heterocycles. The number of carbonyl (C=O) groups excluding carboxylic acids is 3. The zero-order valence-corrected chi connectivity index (χ0v) is 19.6. The van der Waals surface area contributed by atoms with E-state index in [4.69, 9.17) is 0 Å². The van der Waals surface area contributed by atoms with E-state index in [-0.39, 0.29) is 16.8 Å².